The Hall–Kier alpha value is -1.12. The van der Waals surface area contributed by atoms with Crippen LogP contribution in [0, 0.1) is 11.7 Å². The molecule has 4 rings (SSSR count). The van der Waals surface area contributed by atoms with Crippen LogP contribution in [0.4, 0.5) is 10.2 Å². The summed E-state index contributed by atoms with van der Waals surface area (Å²) in [6, 6.07) is 2.19. The number of pyridine rings is 1. The van der Waals surface area contributed by atoms with Crippen molar-refractivity contribution in [2.75, 3.05) is 11.4 Å². The molecule has 1 saturated carbocycles. The molecule has 0 atom stereocenters. The Bertz CT molecular complexity index is 444. The number of fused-ring (bicyclic) bond motifs is 1. The molecule has 0 aromatic carbocycles. The van der Waals surface area contributed by atoms with Gasteiger partial charge in [0.2, 0.25) is 0 Å². The first-order chi connectivity index (χ1) is 7.95. The molecule has 2 nitrogen and oxygen atoms in total. The van der Waals surface area contributed by atoms with Crippen LogP contribution in [-0.2, 0) is 5.41 Å². The average Bonchev–Trinajstić information content (AvgIpc) is 2.73. The van der Waals surface area contributed by atoms with E-state index in [9.17, 15) is 4.39 Å². The lowest BCUT2D eigenvalue weighted by Crippen LogP contribution is -2.30. The van der Waals surface area contributed by atoms with Crippen LogP contribution in [0.25, 0.3) is 0 Å². The number of hydrogen-bond acceptors (Lipinski definition) is 2. The summed E-state index contributed by atoms with van der Waals surface area (Å²) in [5, 5.41) is 0. The van der Waals surface area contributed by atoms with Gasteiger partial charge >= 0.3 is 0 Å². The molecule has 17 heavy (non-hydrogen) atoms. The zero-order valence-electron chi connectivity index (χ0n) is 10.7. The molecule has 0 amide bonds. The molecular formula is C14H19FN2. The largest absolute Gasteiger partial charge is 0.351 e. The van der Waals surface area contributed by atoms with Gasteiger partial charge in [0.15, 0.2) is 11.6 Å². The highest BCUT2D eigenvalue weighted by Gasteiger charge is 2.44. The van der Waals surface area contributed by atoms with Crippen molar-refractivity contribution in [3.63, 3.8) is 0 Å². The van der Waals surface area contributed by atoms with Crippen molar-refractivity contribution in [3.8, 4) is 0 Å². The van der Waals surface area contributed by atoms with E-state index in [-0.39, 0.29) is 11.2 Å². The maximum absolute atomic E-state index is 14.1. The second-order valence-corrected chi connectivity index (χ2v) is 6.42. The number of anilines is 1. The zero-order chi connectivity index (χ0) is 12.2. The van der Waals surface area contributed by atoms with Gasteiger partial charge in [-0.05, 0) is 35.8 Å². The van der Waals surface area contributed by atoms with Crippen LogP contribution in [0.3, 0.4) is 0 Å². The Labute approximate surface area is 102 Å². The highest BCUT2D eigenvalue weighted by atomic mass is 19.1. The minimum absolute atomic E-state index is 0.0422. The van der Waals surface area contributed by atoms with Gasteiger partial charge < -0.3 is 4.90 Å². The lowest BCUT2D eigenvalue weighted by atomic mass is 9.86. The molecule has 2 saturated heterocycles. The molecule has 0 radical (unpaired) electrons. The van der Waals surface area contributed by atoms with E-state index >= 15 is 0 Å². The van der Waals surface area contributed by atoms with Crippen molar-refractivity contribution < 1.29 is 4.39 Å². The summed E-state index contributed by atoms with van der Waals surface area (Å²) in [5.41, 5.74) is 0.921. The van der Waals surface area contributed by atoms with Crippen LogP contribution >= 0.6 is 0 Å². The van der Waals surface area contributed by atoms with Gasteiger partial charge in [-0.15, -0.1) is 0 Å². The third-order valence-corrected chi connectivity index (χ3v) is 4.07. The van der Waals surface area contributed by atoms with Crippen molar-refractivity contribution >= 4 is 5.82 Å². The Morgan fingerprint density at radius 2 is 2.06 bits per heavy atom. The Morgan fingerprint density at radius 1 is 1.35 bits per heavy atom. The summed E-state index contributed by atoms with van der Waals surface area (Å²) >= 11 is 0. The minimum Gasteiger partial charge on any atom is -0.351 e. The van der Waals surface area contributed by atoms with Crippen molar-refractivity contribution in [3.05, 3.63) is 23.6 Å². The molecule has 2 aliphatic heterocycles. The number of aromatic nitrogens is 1. The van der Waals surface area contributed by atoms with Gasteiger partial charge in [-0.2, -0.15) is 0 Å². The standard InChI is InChI=1S/C14H19FN2/c1-14(2,3)10-6-12(15)13(16-7-10)17-8-9-4-11(17)5-9/h6-7,9,11H,4-5,8H2,1-3H3. The van der Waals surface area contributed by atoms with E-state index in [0.29, 0.717) is 11.9 Å². The molecule has 3 aliphatic rings. The second-order valence-electron chi connectivity index (χ2n) is 6.42. The fraction of sp³-hybridized carbons (Fsp3) is 0.643. The second kappa shape index (κ2) is 3.44. The maximum Gasteiger partial charge on any atom is 0.165 e. The SMILES string of the molecule is CC(C)(C)c1cnc(N2CC3CC2C3)c(F)c1. The topological polar surface area (TPSA) is 16.1 Å². The van der Waals surface area contributed by atoms with Crippen LogP contribution in [0.5, 0.6) is 0 Å². The molecule has 2 bridgehead atoms. The molecule has 3 fully saturated rings. The predicted molar refractivity (Wildman–Crippen MR) is 66.8 cm³/mol. The van der Waals surface area contributed by atoms with Crippen molar-refractivity contribution in [2.45, 2.75) is 45.1 Å². The molecular weight excluding hydrogens is 215 g/mol. The third kappa shape index (κ3) is 1.72. The van der Waals surface area contributed by atoms with Gasteiger partial charge in [0.1, 0.15) is 0 Å². The Kier molecular flexibility index (Phi) is 2.22. The third-order valence-electron chi connectivity index (χ3n) is 4.07. The van der Waals surface area contributed by atoms with Crippen LogP contribution in [0.1, 0.15) is 39.2 Å². The van der Waals surface area contributed by atoms with Gasteiger partial charge in [-0.3, -0.25) is 0 Å². The highest BCUT2D eigenvalue weighted by Crippen LogP contribution is 2.43. The summed E-state index contributed by atoms with van der Waals surface area (Å²) in [6.45, 7) is 7.23. The van der Waals surface area contributed by atoms with Crippen LogP contribution < -0.4 is 4.90 Å². The highest BCUT2D eigenvalue weighted by molar-refractivity contribution is 5.46. The average molecular weight is 234 g/mol. The summed E-state index contributed by atoms with van der Waals surface area (Å²) in [6.07, 6.45) is 4.28. The molecule has 92 valence electrons. The number of rotatable bonds is 1. The first-order valence-corrected chi connectivity index (χ1v) is 6.38. The minimum atomic E-state index is -0.162. The van der Waals surface area contributed by atoms with E-state index in [2.05, 4.69) is 30.7 Å². The fourth-order valence-electron chi connectivity index (χ4n) is 2.84. The monoisotopic (exact) mass is 234 g/mol. The number of nitrogens with zero attached hydrogens (tertiary/aromatic N) is 2. The van der Waals surface area contributed by atoms with E-state index in [4.69, 9.17) is 0 Å². The van der Waals surface area contributed by atoms with E-state index < -0.39 is 0 Å². The lowest BCUT2D eigenvalue weighted by Gasteiger charge is -2.27. The van der Waals surface area contributed by atoms with Crippen LogP contribution in [-0.4, -0.2) is 17.6 Å². The molecule has 1 aromatic rings. The summed E-state index contributed by atoms with van der Waals surface area (Å²) in [5.74, 6) is 1.18. The Balaban J connectivity index is 1.92. The van der Waals surface area contributed by atoms with Crippen LogP contribution in [0.2, 0.25) is 0 Å². The molecule has 3 heterocycles. The zero-order valence-corrected chi connectivity index (χ0v) is 10.7. The smallest absolute Gasteiger partial charge is 0.165 e. The summed E-state index contributed by atoms with van der Waals surface area (Å²) < 4.78 is 14.1. The molecule has 0 unspecified atom stereocenters. The van der Waals surface area contributed by atoms with Gasteiger partial charge in [-0.25, -0.2) is 9.37 Å². The van der Waals surface area contributed by atoms with Crippen LogP contribution in [0.15, 0.2) is 12.3 Å². The predicted octanol–water partition coefficient (Wildman–Crippen LogP) is 3.12. The van der Waals surface area contributed by atoms with Crippen molar-refractivity contribution in [1.82, 2.24) is 4.98 Å². The lowest BCUT2D eigenvalue weighted by molar-refractivity contribution is 0.380. The normalized spacial score (nSPS) is 27.2. The maximum atomic E-state index is 14.1. The van der Waals surface area contributed by atoms with Gasteiger partial charge in [0.25, 0.3) is 0 Å². The summed E-state index contributed by atoms with van der Waals surface area (Å²) in [7, 11) is 0. The van der Waals surface area contributed by atoms with E-state index in [1.165, 1.54) is 12.8 Å². The molecule has 1 aliphatic carbocycles. The molecule has 0 spiro atoms. The molecule has 3 heteroatoms. The van der Waals surface area contributed by atoms with Gasteiger partial charge in [0.05, 0.1) is 0 Å². The first-order valence-electron chi connectivity index (χ1n) is 6.38. The van der Waals surface area contributed by atoms with E-state index in [0.717, 1.165) is 18.0 Å². The van der Waals surface area contributed by atoms with Gasteiger partial charge in [0, 0.05) is 18.8 Å². The Morgan fingerprint density at radius 3 is 2.53 bits per heavy atom. The van der Waals surface area contributed by atoms with Gasteiger partial charge in [-0.1, -0.05) is 20.8 Å². The fourth-order valence-corrected chi connectivity index (χ4v) is 2.84. The molecule has 1 aromatic heterocycles. The first kappa shape index (κ1) is 11.0. The quantitative estimate of drug-likeness (QED) is 0.742. The molecule has 0 N–H and O–H groups in total. The van der Waals surface area contributed by atoms with E-state index in [1.54, 1.807) is 6.07 Å². The number of hydrogen-bond donors (Lipinski definition) is 0. The van der Waals surface area contributed by atoms with Crippen molar-refractivity contribution in [2.24, 2.45) is 5.92 Å². The van der Waals surface area contributed by atoms with Crippen molar-refractivity contribution in [1.29, 1.82) is 0 Å². The van der Waals surface area contributed by atoms with E-state index in [1.807, 2.05) is 6.20 Å². The summed E-state index contributed by atoms with van der Waals surface area (Å²) in [4.78, 5) is 6.50. The number of halogens is 1.